The zero-order valence-electron chi connectivity index (χ0n) is 12.9. The van der Waals surface area contributed by atoms with Crippen LogP contribution >= 0.6 is 0 Å². The highest BCUT2D eigenvalue weighted by Crippen LogP contribution is 2.49. The summed E-state index contributed by atoms with van der Waals surface area (Å²) >= 11 is 0. The summed E-state index contributed by atoms with van der Waals surface area (Å²) in [7, 11) is 2.83. The van der Waals surface area contributed by atoms with Crippen LogP contribution in [0.15, 0.2) is 17.1 Å². The lowest BCUT2D eigenvalue weighted by Crippen LogP contribution is -2.25. The number of isocyanates is 1. The van der Waals surface area contributed by atoms with Gasteiger partial charge >= 0.3 is 0 Å². The molecule has 1 saturated carbocycles. The predicted molar refractivity (Wildman–Crippen MR) is 77.4 cm³/mol. The second-order valence-electron chi connectivity index (χ2n) is 5.58. The topological polar surface area (TPSA) is 47.9 Å². The Morgan fingerprint density at radius 3 is 2.18 bits per heavy atom. The third-order valence-electron chi connectivity index (χ3n) is 4.19. The van der Waals surface area contributed by atoms with E-state index in [1.54, 1.807) is 6.08 Å². The molecule has 0 N–H and O–H groups in total. The average molecular weight is 311 g/mol. The molecule has 0 aliphatic heterocycles. The molecule has 6 heteroatoms. The van der Waals surface area contributed by atoms with Gasteiger partial charge in [0.2, 0.25) is 6.08 Å². The summed E-state index contributed by atoms with van der Waals surface area (Å²) in [6.45, 7) is 0.824. The van der Waals surface area contributed by atoms with Crippen molar-refractivity contribution < 1.29 is 23.0 Å². The molecule has 0 radical (unpaired) electrons. The van der Waals surface area contributed by atoms with Crippen molar-refractivity contribution >= 4 is 6.08 Å². The smallest absolute Gasteiger partial charge is 0.271 e. The number of methoxy groups -OCH3 is 2. The van der Waals surface area contributed by atoms with Crippen molar-refractivity contribution in [2.75, 3.05) is 14.2 Å². The molecule has 0 aromatic heterocycles. The maximum atomic E-state index is 14.1. The number of benzene rings is 1. The summed E-state index contributed by atoms with van der Waals surface area (Å²) in [5, 5.41) is 0. The molecule has 0 spiro atoms. The van der Waals surface area contributed by atoms with E-state index in [2.05, 4.69) is 4.99 Å². The lowest BCUT2D eigenvalue weighted by atomic mass is 9.83. The van der Waals surface area contributed by atoms with Crippen LogP contribution in [0.2, 0.25) is 0 Å². The highest BCUT2D eigenvalue weighted by molar-refractivity contribution is 5.52. The molecule has 1 fully saturated rings. The number of ether oxygens (including phenoxy) is 2. The van der Waals surface area contributed by atoms with Crippen molar-refractivity contribution in [3.8, 4) is 11.5 Å². The fourth-order valence-corrected chi connectivity index (χ4v) is 3.12. The first-order valence-corrected chi connectivity index (χ1v) is 7.12. The van der Waals surface area contributed by atoms with Crippen LogP contribution in [-0.4, -0.2) is 20.3 Å². The van der Waals surface area contributed by atoms with Gasteiger partial charge in [0.15, 0.2) is 11.5 Å². The molecule has 0 unspecified atom stereocenters. The Balaban J connectivity index is 2.74. The van der Waals surface area contributed by atoms with Gasteiger partial charge in [0.1, 0.15) is 0 Å². The third-order valence-corrected chi connectivity index (χ3v) is 4.19. The molecule has 4 nitrogen and oxygen atoms in total. The van der Waals surface area contributed by atoms with Gasteiger partial charge in [-0.15, -0.1) is 0 Å². The Morgan fingerprint density at radius 2 is 1.73 bits per heavy atom. The molecule has 0 saturated heterocycles. The molecule has 1 aliphatic carbocycles. The Hall–Kier alpha value is -1.94. The highest BCUT2D eigenvalue weighted by atomic mass is 19.3. The lowest BCUT2D eigenvalue weighted by molar-refractivity contribution is 0.0150. The van der Waals surface area contributed by atoms with Crippen LogP contribution in [-0.2, 0) is 16.3 Å². The first-order valence-electron chi connectivity index (χ1n) is 7.12. The molecule has 1 aromatic rings. The van der Waals surface area contributed by atoms with Crippen LogP contribution in [0.25, 0.3) is 0 Å². The molecule has 1 aromatic carbocycles. The minimum atomic E-state index is -3.08. The first kappa shape index (κ1) is 16.4. The van der Waals surface area contributed by atoms with E-state index < -0.39 is 11.5 Å². The van der Waals surface area contributed by atoms with E-state index in [1.807, 2.05) is 0 Å². The summed E-state index contributed by atoms with van der Waals surface area (Å²) in [5.41, 5.74) is -0.819. The first-order chi connectivity index (χ1) is 10.4. The van der Waals surface area contributed by atoms with Crippen LogP contribution in [0, 0.1) is 0 Å². The number of hydrogen-bond acceptors (Lipinski definition) is 4. The molecule has 0 amide bonds. The zero-order chi connectivity index (χ0) is 16.4. The van der Waals surface area contributed by atoms with Gasteiger partial charge in [-0.3, -0.25) is 0 Å². The van der Waals surface area contributed by atoms with E-state index in [0.717, 1.165) is 19.8 Å². The Kier molecular flexibility index (Phi) is 4.52. The number of alkyl halides is 2. The summed E-state index contributed by atoms with van der Waals surface area (Å²) in [6, 6.07) is 2.78. The van der Waals surface area contributed by atoms with Gasteiger partial charge in [-0.2, -0.15) is 4.99 Å². The molecular weight excluding hydrogens is 292 g/mol. The molecule has 0 heterocycles. The summed E-state index contributed by atoms with van der Waals surface area (Å²) in [5.74, 6) is -2.51. The fraction of sp³-hybridized carbons (Fsp3) is 0.562. The second kappa shape index (κ2) is 6.05. The second-order valence-corrected chi connectivity index (χ2v) is 5.58. The SMILES string of the molecule is COc1cc(C(C)(F)F)c(C2(N=C=O)CCCC2)cc1OC. The third kappa shape index (κ3) is 2.83. The van der Waals surface area contributed by atoms with E-state index in [4.69, 9.17) is 9.47 Å². The molecule has 0 bridgehead atoms. The number of nitrogens with zero attached hydrogens (tertiary/aromatic N) is 1. The normalized spacial score (nSPS) is 17.0. The van der Waals surface area contributed by atoms with E-state index in [9.17, 15) is 13.6 Å². The Morgan fingerprint density at radius 1 is 1.18 bits per heavy atom. The van der Waals surface area contributed by atoms with Crippen LogP contribution < -0.4 is 9.47 Å². The molecule has 22 heavy (non-hydrogen) atoms. The fourth-order valence-electron chi connectivity index (χ4n) is 3.12. The van der Waals surface area contributed by atoms with Crippen molar-refractivity contribution in [1.82, 2.24) is 0 Å². The number of hydrogen-bond donors (Lipinski definition) is 0. The largest absolute Gasteiger partial charge is 0.493 e. The van der Waals surface area contributed by atoms with Crippen molar-refractivity contribution in [1.29, 1.82) is 0 Å². The van der Waals surface area contributed by atoms with Gasteiger partial charge in [-0.1, -0.05) is 12.8 Å². The van der Waals surface area contributed by atoms with Crippen molar-refractivity contribution in [2.24, 2.45) is 4.99 Å². The summed E-state index contributed by atoms with van der Waals surface area (Å²) < 4.78 is 38.5. The van der Waals surface area contributed by atoms with Crippen LogP contribution in [0.4, 0.5) is 8.78 Å². The Labute approximate surface area is 128 Å². The minimum absolute atomic E-state index is 0.189. The quantitative estimate of drug-likeness (QED) is 0.611. The van der Waals surface area contributed by atoms with E-state index >= 15 is 0 Å². The predicted octanol–water partition coefficient (Wildman–Crippen LogP) is 3.92. The standard InChI is InChI=1S/C16H19F2NO3/c1-15(17,18)11-8-13(21-2)14(22-3)9-12(11)16(19-10-20)6-4-5-7-16/h8-9H,4-7H2,1-3H3. The Bertz CT molecular complexity index is 598. The maximum Gasteiger partial charge on any atom is 0.271 e. The molecule has 0 atom stereocenters. The van der Waals surface area contributed by atoms with Gasteiger partial charge in [-0.05, 0) is 30.5 Å². The van der Waals surface area contributed by atoms with Crippen molar-refractivity contribution in [2.45, 2.75) is 44.1 Å². The van der Waals surface area contributed by atoms with Crippen molar-refractivity contribution in [3.63, 3.8) is 0 Å². The molecule has 1 aliphatic rings. The van der Waals surface area contributed by atoms with Crippen molar-refractivity contribution in [3.05, 3.63) is 23.3 Å². The zero-order valence-corrected chi connectivity index (χ0v) is 12.9. The monoisotopic (exact) mass is 311 g/mol. The number of aliphatic imine (C=N–C) groups is 1. The van der Waals surface area contributed by atoms with Gasteiger partial charge in [-0.25, -0.2) is 13.6 Å². The van der Waals surface area contributed by atoms with Crippen LogP contribution in [0.3, 0.4) is 0 Å². The highest BCUT2D eigenvalue weighted by Gasteiger charge is 2.42. The number of halogens is 2. The average Bonchev–Trinajstić information content (AvgIpc) is 2.95. The number of carbonyl (C=O) groups excluding carboxylic acids is 1. The van der Waals surface area contributed by atoms with Crippen LogP contribution in [0.5, 0.6) is 11.5 Å². The van der Waals surface area contributed by atoms with E-state index in [0.29, 0.717) is 24.2 Å². The molecular formula is C16H19F2NO3. The molecule has 2 rings (SSSR count). The van der Waals surface area contributed by atoms with E-state index in [-0.39, 0.29) is 11.3 Å². The van der Waals surface area contributed by atoms with Gasteiger partial charge in [0.05, 0.1) is 19.8 Å². The van der Waals surface area contributed by atoms with Gasteiger partial charge in [0.25, 0.3) is 5.92 Å². The van der Waals surface area contributed by atoms with Gasteiger partial charge < -0.3 is 9.47 Å². The maximum absolute atomic E-state index is 14.1. The lowest BCUT2D eigenvalue weighted by Gasteiger charge is -2.29. The van der Waals surface area contributed by atoms with E-state index in [1.165, 1.54) is 26.4 Å². The minimum Gasteiger partial charge on any atom is -0.493 e. The molecule has 120 valence electrons. The van der Waals surface area contributed by atoms with Gasteiger partial charge in [0, 0.05) is 12.5 Å². The van der Waals surface area contributed by atoms with Crippen LogP contribution in [0.1, 0.15) is 43.7 Å². The number of rotatable bonds is 5. The summed E-state index contributed by atoms with van der Waals surface area (Å²) in [6.07, 6.45) is 4.29. The summed E-state index contributed by atoms with van der Waals surface area (Å²) in [4.78, 5) is 14.7.